The summed E-state index contributed by atoms with van der Waals surface area (Å²) < 4.78 is 10.3. The van der Waals surface area contributed by atoms with Crippen molar-refractivity contribution in [1.82, 2.24) is 0 Å². The van der Waals surface area contributed by atoms with Crippen LogP contribution in [0.15, 0.2) is 60.7 Å². The number of carbonyl (C=O) groups excluding carboxylic acids is 2. The fourth-order valence-corrected chi connectivity index (χ4v) is 2.10. The maximum absolute atomic E-state index is 12.1. The number of carbonyl (C=O) groups is 2. The van der Waals surface area contributed by atoms with Gasteiger partial charge in [-0.1, -0.05) is 48.5 Å². The zero-order valence-electron chi connectivity index (χ0n) is 13.1. The summed E-state index contributed by atoms with van der Waals surface area (Å²) >= 11 is 0. The summed E-state index contributed by atoms with van der Waals surface area (Å²) in [7, 11) is 3.06. The molecule has 5 nitrogen and oxygen atoms in total. The maximum Gasteiger partial charge on any atom is 0.340 e. The lowest BCUT2D eigenvalue weighted by atomic mass is 10.1. The summed E-state index contributed by atoms with van der Waals surface area (Å²) in [4.78, 5) is 25.7. The molecule has 0 fully saturated rings. The molecule has 2 aromatic rings. The number of anilines is 1. The summed E-state index contributed by atoms with van der Waals surface area (Å²) in [5.41, 5.74) is 1.42. The second-order valence-corrected chi connectivity index (χ2v) is 4.92. The fraction of sp³-hybridized carbons (Fsp3) is 0.222. The van der Waals surface area contributed by atoms with Crippen molar-refractivity contribution in [1.29, 1.82) is 0 Å². The van der Waals surface area contributed by atoms with Crippen LogP contribution in [0.5, 0.6) is 0 Å². The number of nitrogens with zero attached hydrogens (tertiary/aromatic N) is 1. The standard InChI is InChI=1S/C18H19NO4/c1-19(15-11-7-4-8-12-15)16(20)13-23-18(21)17(22-2)14-9-5-3-6-10-14/h3-12,17H,13H2,1-2H3/t17-/m0/s1. The number of esters is 1. The predicted molar refractivity (Wildman–Crippen MR) is 87.0 cm³/mol. The van der Waals surface area contributed by atoms with Crippen molar-refractivity contribution in [2.75, 3.05) is 25.7 Å². The SMILES string of the molecule is CO[C@H](C(=O)OCC(=O)N(C)c1ccccc1)c1ccccc1. The highest BCUT2D eigenvalue weighted by molar-refractivity contribution is 5.94. The molecule has 0 bridgehead atoms. The van der Waals surface area contributed by atoms with E-state index in [2.05, 4.69) is 0 Å². The average molecular weight is 313 g/mol. The van der Waals surface area contributed by atoms with Gasteiger partial charge in [-0.05, 0) is 17.7 Å². The molecule has 0 N–H and O–H groups in total. The van der Waals surface area contributed by atoms with Gasteiger partial charge in [-0.25, -0.2) is 4.79 Å². The number of likely N-dealkylation sites (N-methyl/N-ethyl adjacent to an activating group) is 1. The Kier molecular flexibility index (Phi) is 5.88. The summed E-state index contributed by atoms with van der Waals surface area (Å²) in [6, 6.07) is 18.2. The van der Waals surface area contributed by atoms with E-state index in [-0.39, 0.29) is 12.5 Å². The number of amides is 1. The molecule has 0 aliphatic rings. The Labute approximate surface area is 135 Å². The molecule has 0 unspecified atom stereocenters. The molecule has 0 aliphatic carbocycles. The van der Waals surface area contributed by atoms with Gasteiger partial charge in [0, 0.05) is 19.8 Å². The molecule has 0 saturated carbocycles. The smallest absolute Gasteiger partial charge is 0.340 e. The third-order valence-corrected chi connectivity index (χ3v) is 3.41. The highest BCUT2D eigenvalue weighted by Crippen LogP contribution is 2.18. The van der Waals surface area contributed by atoms with Gasteiger partial charge < -0.3 is 14.4 Å². The monoisotopic (exact) mass is 313 g/mol. The third kappa shape index (κ3) is 4.40. The predicted octanol–water partition coefficient (Wildman–Crippen LogP) is 2.58. The van der Waals surface area contributed by atoms with Crippen molar-refractivity contribution in [3.63, 3.8) is 0 Å². The molecule has 2 aromatic carbocycles. The van der Waals surface area contributed by atoms with E-state index in [1.54, 1.807) is 19.2 Å². The lowest BCUT2D eigenvalue weighted by Crippen LogP contribution is -2.32. The second kappa shape index (κ2) is 8.10. The van der Waals surface area contributed by atoms with Crippen LogP contribution in [0.3, 0.4) is 0 Å². The Balaban J connectivity index is 1.94. The maximum atomic E-state index is 12.1. The van der Waals surface area contributed by atoms with Gasteiger partial charge in [0.1, 0.15) is 0 Å². The largest absolute Gasteiger partial charge is 0.453 e. The van der Waals surface area contributed by atoms with Crippen LogP contribution >= 0.6 is 0 Å². The molecule has 120 valence electrons. The minimum atomic E-state index is -0.842. The molecule has 23 heavy (non-hydrogen) atoms. The van der Waals surface area contributed by atoms with Gasteiger partial charge >= 0.3 is 5.97 Å². The Bertz CT molecular complexity index is 643. The van der Waals surface area contributed by atoms with E-state index in [1.807, 2.05) is 48.5 Å². The van der Waals surface area contributed by atoms with E-state index in [4.69, 9.17) is 9.47 Å². The lowest BCUT2D eigenvalue weighted by Gasteiger charge is -2.19. The van der Waals surface area contributed by atoms with Crippen LogP contribution in [0, 0.1) is 0 Å². The van der Waals surface area contributed by atoms with E-state index in [0.29, 0.717) is 5.56 Å². The van der Waals surface area contributed by atoms with Gasteiger partial charge in [-0.2, -0.15) is 0 Å². The van der Waals surface area contributed by atoms with Crippen LogP contribution in [0.2, 0.25) is 0 Å². The Morgan fingerprint density at radius 3 is 2.13 bits per heavy atom. The molecular formula is C18H19NO4. The van der Waals surface area contributed by atoms with Crippen LogP contribution in [0.1, 0.15) is 11.7 Å². The number of benzene rings is 2. The van der Waals surface area contributed by atoms with E-state index < -0.39 is 12.1 Å². The average Bonchev–Trinajstić information content (AvgIpc) is 2.61. The van der Waals surface area contributed by atoms with Gasteiger partial charge in [-0.3, -0.25) is 4.79 Å². The highest BCUT2D eigenvalue weighted by Gasteiger charge is 2.23. The number of rotatable bonds is 6. The zero-order chi connectivity index (χ0) is 16.7. The first-order chi connectivity index (χ1) is 11.1. The van der Waals surface area contributed by atoms with E-state index in [1.165, 1.54) is 12.0 Å². The summed E-state index contributed by atoms with van der Waals surface area (Å²) in [6.07, 6.45) is -0.842. The fourth-order valence-electron chi connectivity index (χ4n) is 2.10. The zero-order valence-corrected chi connectivity index (χ0v) is 13.1. The molecule has 0 radical (unpaired) electrons. The van der Waals surface area contributed by atoms with E-state index in [9.17, 15) is 9.59 Å². The van der Waals surface area contributed by atoms with E-state index >= 15 is 0 Å². The quantitative estimate of drug-likeness (QED) is 0.769. The van der Waals surface area contributed by atoms with Gasteiger partial charge in [-0.15, -0.1) is 0 Å². The number of hydrogen-bond acceptors (Lipinski definition) is 4. The first-order valence-corrected chi connectivity index (χ1v) is 7.19. The van der Waals surface area contributed by atoms with Crippen LogP contribution in [-0.2, 0) is 19.1 Å². The van der Waals surface area contributed by atoms with Crippen LogP contribution in [0.25, 0.3) is 0 Å². The van der Waals surface area contributed by atoms with Crippen molar-refractivity contribution >= 4 is 17.6 Å². The first-order valence-electron chi connectivity index (χ1n) is 7.19. The minimum absolute atomic E-state index is 0.313. The van der Waals surface area contributed by atoms with Gasteiger partial charge in [0.15, 0.2) is 12.7 Å². The summed E-state index contributed by atoms with van der Waals surface area (Å²) in [5.74, 6) is -0.902. The Morgan fingerprint density at radius 2 is 1.57 bits per heavy atom. The molecule has 0 aliphatic heterocycles. The molecule has 0 heterocycles. The van der Waals surface area contributed by atoms with Gasteiger partial charge in [0.2, 0.25) is 0 Å². The molecule has 2 rings (SSSR count). The van der Waals surface area contributed by atoms with Crippen molar-refractivity contribution in [2.24, 2.45) is 0 Å². The van der Waals surface area contributed by atoms with Gasteiger partial charge in [0.25, 0.3) is 5.91 Å². The van der Waals surface area contributed by atoms with Crippen LogP contribution in [0.4, 0.5) is 5.69 Å². The number of ether oxygens (including phenoxy) is 2. The summed E-state index contributed by atoms with van der Waals surface area (Å²) in [6.45, 7) is -0.336. The Morgan fingerprint density at radius 1 is 1.00 bits per heavy atom. The molecule has 1 atom stereocenters. The molecule has 0 spiro atoms. The second-order valence-electron chi connectivity index (χ2n) is 4.92. The number of para-hydroxylation sites is 1. The number of methoxy groups -OCH3 is 1. The van der Waals surface area contributed by atoms with Crippen molar-refractivity contribution in [2.45, 2.75) is 6.10 Å². The lowest BCUT2D eigenvalue weighted by molar-refractivity contribution is -0.158. The third-order valence-electron chi connectivity index (χ3n) is 3.41. The van der Waals surface area contributed by atoms with E-state index in [0.717, 1.165) is 5.69 Å². The molecule has 5 heteroatoms. The van der Waals surface area contributed by atoms with Crippen LogP contribution < -0.4 is 4.90 Å². The molecule has 0 saturated heterocycles. The van der Waals surface area contributed by atoms with Crippen molar-refractivity contribution in [3.05, 3.63) is 66.2 Å². The Hall–Kier alpha value is -2.66. The van der Waals surface area contributed by atoms with Crippen LogP contribution in [-0.4, -0.2) is 32.6 Å². The highest BCUT2D eigenvalue weighted by atomic mass is 16.6. The summed E-state index contributed by atoms with van der Waals surface area (Å²) in [5, 5.41) is 0. The topological polar surface area (TPSA) is 55.8 Å². The number of hydrogen-bond donors (Lipinski definition) is 0. The molecule has 0 aromatic heterocycles. The normalized spacial score (nSPS) is 11.6. The van der Waals surface area contributed by atoms with Crippen molar-refractivity contribution in [3.8, 4) is 0 Å². The first kappa shape index (κ1) is 16.7. The van der Waals surface area contributed by atoms with Crippen molar-refractivity contribution < 1.29 is 19.1 Å². The molecular weight excluding hydrogens is 294 g/mol. The van der Waals surface area contributed by atoms with Gasteiger partial charge in [0.05, 0.1) is 0 Å². The molecule has 1 amide bonds. The minimum Gasteiger partial charge on any atom is -0.453 e.